The van der Waals surface area contributed by atoms with E-state index in [9.17, 15) is 0 Å². The molecule has 7 heavy (non-hydrogen) atoms. The van der Waals surface area contributed by atoms with Gasteiger partial charge in [0.25, 0.3) is 0 Å². The van der Waals surface area contributed by atoms with Gasteiger partial charge in [-0.15, -0.1) is 0 Å². The Labute approximate surface area is 48.7 Å². The molecular formula is C7H16. The van der Waals surface area contributed by atoms with Gasteiger partial charge in [-0.25, -0.2) is 0 Å². The summed E-state index contributed by atoms with van der Waals surface area (Å²) in [7, 11) is 0. The Balaban J connectivity index is 0. The second kappa shape index (κ2) is 3.91. The third-order valence-corrected chi connectivity index (χ3v) is 0.911. The summed E-state index contributed by atoms with van der Waals surface area (Å²) >= 11 is 0. The summed E-state index contributed by atoms with van der Waals surface area (Å²) in [5, 5.41) is 0. The van der Waals surface area contributed by atoms with Crippen LogP contribution >= 0.6 is 0 Å². The maximum absolute atomic E-state index is 6.78. The average molecular weight is 102 g/mol. The molecule has 0 saturated carbocycles. The van der Waals surface area contributed by atoms with Crippen molar-refractivity contribution < 1.29 is 1.37 Å². The molecule has 0 unspecified atom stereocenters. The molecule has 0 heterocycles. The number of allylic oxidation sites excluding steroid dienone is 1. The fraction of sp³-hybridized carbons (Fsp3) is 0.714. The lowest BCUT2D eigenvalue weighted by Crippen LogP contribution is -1.83. The summed E-state index contributed by atoms with van der Waals surface area (Å²) < 4.78 is 6.78. The van der Waals surface area contributed by atoms with E-state index in [-0.39, 0.29) is 7.43 Å². The van der Waals surface area contributed by atoms with E-state index in [1.807, 2.05) is 6.92 Å². The van der Waals surface area contributed by atoms with E-state index >= 15 is 0 Å². The van der Waals surface area contributed by atoms with Crippen LogP contribution in [0.1, 0.15) is 29.6 Å². The topological polar surface area (TPSA) is 0 Å². The smallest absolute Gasteiger partial charge is 0.0537 e. The molecular weight excluding hydrogens is 84.1 g/mol. The lowest BCUT2D eigenvalue weighted by Gasteiger charge is -1.97. The minimum atomic E-state index is 0. The molecule has 0 heteroatoms. The van der Waals surface area contributed by atoms with Crippen molar-refractivity contribution in [2.45, 2.75) is 28.2 Å². The van der Waals surface area contributed by atoms with Gasteiger partial charge >= 0.3 is 0 Å². The molecule has 0 bridgehead atoms. The van der Waals surface area contributed by atoms with Crippen LogP contribution in [0.5, 0.6) is 0 Å². The second-order valence-electron chi connectivity index (χ2n) is 1.90. The molecule has 0 rings (SSSR count). The van der Waals surface area contributed by atoms with E-state index in [1.54, 1.807) is 0 Å². The van der Waals surface area contributed by atoms with Gasteiger partial charge in [-0.2, -0.15) is 0 Å². The van der Waals surface area contributed by atoms with Gasteiger partial charge in [-0.1, -0.05) is 33.4 Å². The van der Waals surface area contributed by atoms with Crippen LogP contribution < -0.4 is 0 Å². The fourth-order valence-electron chi connectivity index (χ4n) is 0. The van der Waals surface area contributed by atoms with Crippen molar-refractivity contribution in [2.75, 3.05) is 0 Å². The predicted octanol–water partition coefficient (Wildman–Crippen LogP) is 2.85. The molecule has 0 spiro atoms. The fourth-order valence-corrected chi connectivity index (χ4v) is 0. The van der Waals surface area contributed by atoms with Crippen LogP contribution in [0.2, 0.25) is 0 Å². The summed E-state index contributed by atoms with van der Waals surface area (Å²) in [6, 6.07) is 0. The normalized spacial score (nSPS) is 13.1. The predicted molar refractivity (Wildman–Crippen MR) is 36.4 cm³/mol. The maximum Gasteiger partial charge on any atom is 0.0537 e. The molecule has 0 saturated heterocycles. The standard InChI is InChI=1S/C6H12.CH4/c1-5(2)6(3)4;/h6H,1H2,2-4H3;1H4/i1T;. The van der Waals surface area contributed by atoms with Gasteiger partial charge in [0.05, 0.1) is 1.37 Å². The summed E-state index contributed by atoms with van der Waals surface area (Å²) in [4.78, 5) is 0. The summed E-state index contributed by atoms with van der Waals surface area (Å²) in [6.07, 6.45) is 0. The quantitative estimate of drug-likeness (QED) is 0.446. The minimum Gasteiger partial charge on any atom is -0.0999 e. The highest BCUT2D eigenvalue weighted by molar-refractivity contribution is 4.90. The number of hydrogen-bond acceptors (Lipinski definition) is 0. The van der Waals surface area contributed by atoms with Crippen LogP contribution in [0.15, 0.2) is 12.1 Å². The molecule has 0 radical (unpaired) electrons. The molecule has 0 nitrogen and oxygen atoms in total. The molecule has 0 amide bonds. The van der Waals surface area contributed by atoms with Gasteiger partial charge in [-0.05, 0) is 12.8 Å². The Hall–Kier alpha value is -0.260. The Morgan fingerprint density at radius 3 is 2.14 bits per heavy atom. The molecule has 0 aliphatic rings. The Morgan fingerprint density at radius 1 is 1.71 bits per heavy atom. The van der Waals surface area contributed by atoms with Gasteiger partial charge in [-0.3, -0.25) is 0 Å². The van der Waals surface area contributed by atoms with Crippen molar-refractivity contribution >= 4 is 0 Å². The van der Waals surface area contributed by atoms with E-state index in [2.05, 4.69) is 13.8 Å². The maximum atomic E-state index is 6.78. The molecule has 44 valence electrons. The van der Waals surface area contributed by atoms with Gasteiger partial charge in [0, 0.05) is 0 Å². The van der Waals surface area contributed by atoms with Crippen LogP contribution in [-0.4, -0.2) is 0 Å². The van der Waals surface area contributed by atoms with Crippen molar-refractivity contribution in [3.8, 4) is 0 Å². The minimum absolute atomic E-state index is 0. The average Bonchev–Trinajstić information content (AvgIpc) is 1.65. The molecule has 0 N–H and O–H groups in total. The van der Waals surface area contributed by atoms with Crippen LogP contribution in [-0.2, 0) is 0 Å². The van der Waals surface area contributed by atoms with Crippen LogP contribution in [0.25, 0.3) is 0 Å². The zero-order valence-corrected chi connectivity index (χ0v) is 4.65. The Bertz CT molecular complexity index is 72.5. The van der Waals surface area contributed by atoms with Gasteiger partial charge in [0.15, 0.2) is 0 Å². The van der Waals surface area contributed by atoms with Crippen molar-refractivity contribution in [1.82, 2.24) is 0 Å². The van der Waals surface area contributed by atoms with Crippen LogP contribution in [0.3, 0.4) is 0 Å². The first kappa shape index (κ1) is 6.74. The van der Waals surface area contributed by atoms with E-state index < -0.39 is 0 Å². The summed E-state index contributed by atoms with van der Waals surface area (Å²) in [5.74, 6) is 0.539. The first-order valence-corrected chi connectivity index (χ1v) is 2.23. The van der Waals surface area contributed by atoms with Crippen molar-refractivity contribution in [2.24, 2.45) is 5.92 Å². The first-order valence-electron chi connectivity index (χ1n) is 2.81. The number of hydrogen-bond donors (Lipinski definition) is 0. The molecule has 0 aliphatic heterocycles. The van der Waals surface area contributed by atoms with Gasteiger partial charge in [0.2, 0.25) is 0 Å². The van der Waals surface area contributed by atoms with E-state index in [1.165, 1.54) is 6.55 Å². The number of rotatable bonds is 1. The SMILES string of the molecule is C.[3H]C=C(C)C(C)C. The van der Waals surface area contributed by atoms with Gasteiger partial charge in [0.1, 0.15) is 0 Å². The molecule has 0 aliphatic carbocycles. The highest BCUT2D eigenvalue weighted by atomic mass is 13.9. The van der Waals surface area contributed by atoms with Crippen LogP contribution in [0, 0.1) is 5.92 Å². The van der Waals surface area contributed by atoms with Crippen LogP contribution in [0.4, 0.5) is 0 Å². The van der Waals surface area contributed by atoms with Crippen molar-refractivity contribution in [3.05, 3.63) is 12.1 Å². The molecule has 0 atom stereocenters. The summed E-state index contributed by atoms with van der Waals surface area (Å²) in [5.41, 5.74) is 1.14. The third-order valence-electron chi connectivity index (χ3n) is 0.911. The molecule has 0 aromatic rings. The summed E-state index contributed by atoms with van der Waals surface area (Å²) in [6.45, 7) is 7.54. The van der Waals surface area contributed by atoms with Gasteiger partial charge < -0.3 is 0 Å². The second-order valence-corrected chi connectivity index (χ2v) is 1.90. The first-order chi connectivity index (χ1) is 3.18. The third kappa shape index (κ3) is 5.74. The van der Waals surface area contributed by atoms with Crippen molar-refractivity contribution in [3.63, 3.8) is 0 Å². The monoisotopic (exact) mass is 102 g/mol. The molecule has 0 fully saturated rings. The highest BCUT2D eigenvalue weighted by Gasteiger charge is 1.87. The van der Waals surface area contributed by atoms with Crippen molar-refractivity contribution in [1.29, 1.82) is 0 Å². The van der Waals surface area contributed by atoms with E-state index in [4.69, 9.17) is 1.37 Å². The lowest BCUT2D eigenvalue weighted by molar-refractivity contribution is 0.773. The molecule has 0 aromatic heterocycles. The zero-order valence-electron chi connectivity index (χ0n) is 5.65. The Morgan fingerprint density at radius 2 is 2.14 bits per heavy atom. The lowest BCUT2D eigenvalue weighted by atomic mass is 10.1. The van der Waals surface area contributed by atoms with E-state index in [0.29, 0.717) is 5.92 Å². The largest absolute Gasteiger partial charge is 0.0999 e. The molecule has 0 aromatic carbocycles. The van der Waals surface area contributed by atoms with E-state index in [0.717, 1.165) is 5.57 Å². The zero-order chi connectivity index (χ0) is 5.86. The Kier molecular flexibility index (Phi) is 3.77. The highest BCUT2D eigenvalue weighted by Crippen LogP contribution is 2.02.